The van der Waals surface area contributed by atoms with Crippen molar-refractivity contribution < 1.29 is 28.5 Å². The predicted octanol–water partition coefficient (Wildman–Crippen LogP) is 3.87. The number of fused-ring (bicyclic) bond motifs is 1. The van der Waals surface area contributed by atoms with E-state index in [1.807, 2.05) is 12.1 Å². The van der Waals surface area contributed by atoms with Crippen molar-refractivity contribution in [1.82, 2.24) is 15.1 Å². The first-order valence-electron chi connectivity index (χ1n) is 13.1. The number of methoxy groups -OCH3 is 4. The van der Waals surface area contributed by atoms with E-state index in [0.717, 1.165) is 38.0 Å². The second-order valence-electron chi connectivity index (χ2n) is 9.33. The maximum Gasteiger partial charge on any atom is 0.254 e. The summed E-state index contributed by atoms with van der Waals surface area (Å²) in [4.78, 5) is 31.4. The molecule has 0 aliphatic carbocycles. The van der Waals surface area contributed by atoms with Crippen LogP contribution in [0, 0.1) is 0 Å². The molecule has 1 aliphatic rings. The van der Waals surface area contributed by atoms with Crippen LogP contribution in [0.1, 0.15) is 60.1 Å². The number of unbranched alkanes of at least 4 members (excludes halogenated alkanes) is 1. The molecule has 2 aromatic carbocycles. The van der Waals surface area contributed by atoms with Crippen LogP contribution in [0.2, 0.25) is 0 Å². The lowest BCUT2D eigenvalue weighted by Crippen LogP contribution is -2.46. The Morgan fingerprint density at radius 1 is 0.921 bits per heavy atom. The average molecular weight is 528 g/mol. The Hall–Kier alpha value is -3.46. The molecule has 2 atom stereocenters. The molecule has 0 unspecified atom stereocenters. The summed E-state index contributed by atoms with van der Waals surface area (Å²) < 4.78 is 21.9. The van der Waals surface area contributed by atoms with Crippen molar-refractivity contribution >= 4 is 11.8 Å². The van der Waals surface area contributed by atoms with Crippen molar-refractivity contribution in [2.45, 2.75) is 38.6 Å². The third kappa shape index (κ3) is 5.99. The first-order valence-corrected chi connectivity index (χ1v) is 13.1. The molecule has 1 aliphatic heterocycles. The standard InChI is InChI=1S/C29H41N3O6/c1-8-10-14-32(9-2)15-13-30-28(33)26-20-17-24(37-6)25(38-7)18-21(20)29(34)31(3)27(26)19-11-12-22(35-4)23(16-19)36-5/h11-12,16-18,26-27H,8-10,13-15H2,1-7H3,(H,30,33)/t26-,27+/m0/s1. The zero-order valence-electron chi connectivity index (χ0n) is 23.6. The van der Waals surface area contributed by atoms with Gasteiger partial charge in [-0.2, -0.15) is 0 Å². The van der Waals surface area contributed by atoms with Gasteiger partial charge in [-0.15, -0.1) is 0 Å². The molecule has 0 radical (unpaired) electrons. The molecule has 0 saturated carbocycles. The molecule has 0 bridgehead atoms. The molecule has 0 spiro atoms. The van der Waals surface area contributed by atoms with Crippen LogP contribution in [0.4, 0.5) is 0 Å². The summed E-state index contributed by atoms with van der Waals surface area (Å²) in [5.74, 6) is 0.940. The number of nitrogens with one attached hydrogen (secondary N) is 1. The van der Waals surface area contributed by atoms with Crippen molar-refractivity contribution in [3.05, 3.63) is 47.0 Å². The van der Waals surface area contributed by atoms with Crippen LogP contribution >= 0.6 is 0 Å². The van der Waals surface area contributed by atoms with Crippen LogP contribution in [0.25, 0.3) is 0 Å². The van der Waals surface area contributed by atoms with Crippen molar-refractivity contribution in [2.75, 3.05) is 61.7 Å². The highest BCUT2D eigenvalue weighted by Gasteiger charge is 2.43. The molecule has 3 rings (SSSR count). The summed E-state index contributed by atoms with van der Waals surface area (Å²) >= 11 is 0. The number of hydrogen-bond acceptors (Lipinski definition) is 7. The Balaban J connectivity index is 2.05. The number of likely N-dealkylation sites (N-methyl/N-ethyl adjacent to an activating group) is 2. The molecule has 0 saturated heterocycles. The Labute approximate surface area is 226 Å². The smallest absolute Gasteiger partial charge is 0.254 e. The van der Waals surface area contributed by atoms with Gasteiger partial charge in [0.1, 0.15) is 0 Å². The zero-order valence-corrected chi connectivity index (χ0v) is 23.6. The van der Waals surface area contributed by atoms with Gasteiger partial charge in [0.05, 0.1) is 40.4 Å². The Kier molecular flexibility index (Phi) is 10.2. The van der Waals surface area contributed by atoms with E-state index in [-0.39, 0.29) is 11.8 Å². The molecule has 208 valence electrons. The lowest BCUT2D eigenvalue weighted by atomic mass is 9.79. The number of hydrogen-bond donors (Lipinski definition) is 1. The lowest BCUT2D eigenvalue weighted by Gasteiger charge is -2.40. The van der Waals surface area contributed by atoms with Gasteiger partial charge in [0.2, 0.25) is 5.91 Å². The Morgan fingerprint density at radius 3 is 2.16 bits per heavy atom. The molecule has 0 aromatic heterocycles. The van der Waals surface area contributed by atoms with Gasteiger partial charge >= 0.3 is 0 Å². The van der Waals surface area contributed by atoms with Gasteiger partial charge in [-0.25, -0.2) is 0 Å². The highest BCUT2D eigenvalue weighted by atomic mass is 16.5. The van der Waals surface area contributed by atoms with E-state index in [1.54, 1.807) is 44.4 Å². The molecule has 38 heavy (non-hydrogen) atoms. The maximum absolute atomic E-state index is 13.9. The number of nitrogens with zero attached hydrogens (tertiary/aromatic N) is 2. The fourth-order valence-electron chi connectivity index (χ4n) is 5.04. The van der Waals surface area contributed by atoms with Crippen LogP contribution in [-0.2, 0) is 4.79 Å². The van der Waals surface area contributed by atoms with E-state index in [4.69, 9.17) is 18.9 Å². The summed E-state index contributed by atoms with van der Waals surface area (Å²) in [6.45, 7) is 7.48. The highest BCUT2D eigenvalue weighted by molar-refractivity contribution is 6.02. The molecule has 9 heteroatoms. The van der Waals surface area contributed by atoms with E-state index in [2.05, 4.69) is 24.1 Å². The zero-order chi connectivity index (χ0) is 27.8. The number of ether oxygens (including phenoxy) is 4. The van der Waals surface area contributed by atoms with E-state index >= 15 is 0 Å². The van der Waals surface area contributed by atoms with Gasteiger partial charge in [0.15, 0.2) is 23.0 Å². The van der Waals surface area contributed by atoms with Gasteiger partial charge in [0, 0.05) is 25.7 Å². The molecular formula is C29H41N3O6. The molecule has 1 N–H and O–H groups in total. The van der Waals surface area contributed by atoms with E-state index in [9.17, 15) is 9.59 Å². The number of carbonyl (C=O) groups is 2. The minimum absolute atomic E-state index is 0.163. The summed E-state index contributed by atoms with van der Waals surface area (Å²) in [5.41, 5.74) is 1.78. The largest absolute Gasteiger partial charge is 0.493 e. The normalized spacial score (nSPS) is 16.7. The van der Waals surface area contributed by atoms with Crippen molar-refractivity contribution in [3.8, 4) is 23.0 Å². The third-order valence-electron chi connectivity index (χ3n) is 7.21. The monoisotopic (exact) mass is 527 g/mol. The van der Waals surface area contributed by atoms with Crippen LogP contribution in [0.5, 0.6) is 23.0 Å². The Morgan fingerprint density at radius 2 is 1.55 bits per heavy atom. The summed E-state index contributed by atoms with van der Waals surface area (Å²) in [6, 6.07) is 8.31. The summed E-state index contributed by atoms with van der Waals surface area (Å²) in [7, 11) is 7.91. The summed E-state index contributed by atoms with van der Waals surface area (Å²) in [6.07, 6.45) is 2.24. The Bertz CT molecular complexity index is 1120. The minimum atomic E-state index is -0.684. The first kappa shape index (κ1) is 29.1. The van der Waals surface area contributed by atoms with Gasteiger partial charge in [0.25, 0.3) is 5.91 Å². The molecule has 2 amide bonds. The molecule has 1 heterocycles. The second-order valence-corrected chi connectivity index (χ2v) is 9.33. The fourth-order valence-corrected chi connectivity index (χ4v) is 5.04. The fraction of sp³-hybridized carbons (Fsp3) is 0.517. The predicted molar refractivity (Wildman–Crippen MR) is 147 cm³/mol. The number of amides is 2. The second kappa shape index (κ2) is 13.4. The number of benzene rings is 2. The average Bonchev–Trinajstić information content (AvgIpc) is 2.95. The molecule has 0 fully saturated rings. The quantitative estimate of drug-likeness (QED) is 0.423. The van der Waals surface area contributed by atoms with Crippen molar-refractivity contribution in [1.29, 1.82) is 0 Å². The minimum Gasteiger partial charge on any atom is -0.493 e. The van der Waals surface area contributed by atoms with Crippen molar-refractivity contribution in [2.24, 2.45) is 0 Å². The number of rotatable bonds is 13. The van der Waals surface area contributed by atoms with Gasteiger partial charge in [-0.1, -0.05) is 26.3 Å². The van der Waals surface area contributed by atoms with Crippen molar-refractivity contribution in [3.63, 3.8) is 0 Å². The van der Waals surface area contributed by atoms with Crippen LogP contribution in [0.3, 0.4) is 0 Å². The van der Waals surface area contributed by atoms with Gasteiger partial charge in [-0.05, 0) is 54.9 Å². The topological polar surface area (TPSA) is 89.6 Å². The van der Waals surface area contributed by atoms with Crippen LogP contribution in [0.15, 0.2) is 30.3 Å². The summed E-state index contributed by atoms with van der Waals surface area (Å²) in [5, 5.41) is 3.14. The maximum atomic E-state index is 13.9. The van der Waals surface area contributed by atoms with Crippen LogP contribution in [-0.4, -0.2) is 83.3 Å². The lowest BCUT2D eigenvalue weighted by molar-refractivity contribution is -0.124. The van der Waals surface area contributed by atoms with Crippen LogP contribution < -0.4 is 24.3 Å². The van der Waals surface area contributed by atoms with E-state index < -0.39 is 12.0 Å². The molecule has 9 nitrogen and oxygen atoms in total. The molecule has 2 aromatic rings. The first-order chi connectivity index (χ1) is 18.3. The SMILES string of the molecule is CCCCN(CC)CCNC(=O)[C@H]1c2cc(OC)c(OC)cc2C(=O)N(C)[C@@H]1c1ccc(OC)c(OC)c1. The van der Waals surface area contributed by atoms with Gasteiger partial charge in [-0.3, -0.25) is 9.59 Å². The molecular weight excluding hydrogens is 486 g/mol. The third-order valence-corrected chi connectivity index (χ3v) is 7.21. The number of carbonyl (C=O) groups excluding carboxylic acids is 2. The van der Waals surface area contributed by atoms with E-state index in [0.29, 0.717) is 40.7 Å². The van der Waals surface area contributed by atoms with Gasteiger partial charge < -0.3 is 34.1 Å². The van der Waals surface area contributed by atoms with E-state index in [1.165, 1.54) is 14.2 Å². The highest BCUT2D eigenvalue weighted by Crippen LogP contribution is 2.46.